The third kappa shape index (κ3) is 4.06. The van der Waals surface area contributed by atoms with Crippen molar-refractivity contribution in [3.63, 3.8) is 0 Å². The summed E-state index contributed by atoms with van der Waals surface area (Å²) in [5.41, 5.74) is 3.08. The van der Waals surface area contributed by atoms with Crippen LogP contribution in [-0.4, -0.2) is 42.7 Å². The van der Waals surface area contributed by atoms with Crippen molar-refractivity contribution < 1.29 is 19.0 Å². The van der Waals surface area contributed by atoms with Crippen LogP contribution in [0.3, 0.4) is 0 Å². The van der Waals surface area contributed by atoms with E-state index in [9.17, 15) is 0 Å². The van der Waals surface area contributed by atoms with Gasteiger partial charge in [0.05, 0.1) is 26.0 Å². The first-order valence-electron chi connectivity index (χ1n) is 8.65. The minimum absolute atomic E-state index is 0.538. The Hall–Kier alpha value is -1.21. The summed E-state index contributed by atoms with van der Waals surface area (Å²) >= 11 is 0. The first-order valence-corrected chi connectivity index (χ1v) is 8.65. The van der Waals surface area contributed by atoms with E-state index in [4.69, 9.17) is 19.0 Å². The van der Waals surface area contributed by atoms with E-state index in [0.29, 0.717) is 19.1 Å². The van der Waals surface area contributed by atoms with Crippen molar-refractivity contribution in [3.8, 4) is 5.75 Å². The Morgan fingerprint density at radius 1 is 1.33 bits per heavy atom. The van der Waals surface area contributed by atoms with Gasteiger partial charge in [-0.25, -0.2) is 0 Å². The number of ether oxygens (including phenoxy) is 3. The van der Waals surface area contributed by atoms with Crippen LogP contribution in [0.4, 0.5) is 0 Å². The molecule has 0 unspecified atom stereocenters. The van der Waals surface area contributed by atoms with Gasteiger partial charge in [-0.2, -0.15) is 5.06 Å². The second-order valence-electron chi connectivity index (χ2n) is 7.03. The number of aryl methyl sites for hydroxylation is 1. The number of fused-ring (bicyclic) bond motifs is 1. The van der Waals surface area contributed by atoms with Crippen molar-refractivity contribution in [1.82, 2.24) is 10.0 Å². The molecule has 0 aromatic carbocycles. The predicted octanol–water partition coefficient (Wildman–Crippen LogP) is 2.83. The molecule has 3 heterocycles. The van der Waals surface area contributed by atoms with Crippen LogP contribution < -0.4 is 4.74 Å². The maximum Gasteiger partial charge on any atom is 0.205 e. The van der Waals surface area contributed by atoms with Crippen LogP contribution in [0, 0.1) is 12.8 Å². The van der Waals surface area contributed by atoms with E-state index in [-0.39, 0.29) is 0 Å². The van der Waals surface area contributed by atoms with Gasteiger partial charge < -0.3 is 19.0 Å². The van der Waals surface area contributed by atoms with E-state index in [2.05, 4.69) is 4.98 Å². The number of hydrogen-bond donors (Lipinski definition) is 0. The van der Waals surface area contributed by atoms with E-state index in [1.165, 1.54) is 0 Å². The van der Waals surface area contributed by atoms with Crippen molar-refractivity contribution in [1.29, 1.82) is 0 Å². The quantitative estimate of drug-likeness (QED) is 0.771. The predicted molar refractivity (Wildman–Crippen MR) is 89.4 cm³/mol. The Kier molecular flexibility index (Phi) is 5.39. The largest absolute Gasteiger partial charge is 0.461 e. The van der Waals surface area contributed by atoms with Gasteiger partial charge in [-0.1, -0.05) is 0 Å². The molecule has 0 radical (unpaired) electrons. The van der Waals surface area contributed by atoms with Gasteiger partial charge in [0.15, 0.2) is 0 Å². The fraction of sp³-hybridized carbons (Fsp3) is 0.722. The number of pyridine rings is 1. The fourth-order valence-corrected chi connectivity index (χ4v) is 3.24. The lowest BCUT2D eigenvalue weighted by molar-refractivity contribution is -0.182. The van der Waals surface area contributed by atoms with Crippen molar-refractivity contribution in [2.75, 3.05) is 26.9 Å². The Morgan fingerprint density at radius 2 is 2.08 bits per heavy atom. The summed E-state index contributed by atoms with van der Waals surface area (Å²) in [6.07, 6.45) is 4.09. The first-order chi connectivity index (χ1) is 11.5. The van der Waals surface area contributed by atoms with Crippen LogP contribution in [0.2, 0.25) is 0 Å². The van der Waals surface area contributed by atoms with Crippen molar-refractivity contribution >= 4 is 0 Å². The summed E-state index contributed by atoms with van der Waals surface area (Å²) in [5.74, 6) is 0.853. The van der Waals surface area contributed by atoms with Gasteiger partial charge in [0, 0.05) is 45.4 Å². The average Bonchev–Trinajstić information content (AvgIpc) is 2.57. The number of hydrogen-bond acceptors (Lipinski definition) is 6. The Bertz CT molecular complexity index is 570. The van der Waals surface area contributed by atoms with Gasteiger partial charge in [0.2, 0.25) is 5.79 Å². The molecule has 134 valence electrons. The van der Waals surface area contributed by atoms with Crippen LogP contribution in [0.1, 0.15) is 43.5 Å². The highest BCUT2D eigenvalue weighted by molar-refractivity contribution is 5.42. The van der Waals surface area contributed by atoms with Crippen LogP contribution in [0.15, 0.2) is 6.20 Å². The summed E-state index contributed by atoms with van der Waals surface area (Å²) in [7, 11) is 1.73. The lowest BCUT2D eigenvalue weighted by Crippen LogP contribution is -2.37. The molecule has 24 heavy (non-hydrogen) atoms. The van der Waals surface area contributed by atoms with E-state index in [1.807, 2.05) is 32.0 Å². The standard InChI is InChI=1S/C18H28N2O4/c1-13-17-16(12-23-18(2,3)24-17)15(9-19-13)11-20(21-4)10-14-5-7-22-8-6-14/h9,14H,5-8,10-12H2,1-4H3. The molecule has 2 aliphatic heterocycles. The molecule has 1 aromatic heterocycles. The highest BCUT2D eigenvalue weighted by atomic mass is 16.7. The van der Waals surface area contributed by atoms with Gasteiger partial charge in [-0.3, -0.25) is 4.98 Å². The zero-order valence-electron chi connectivity index (χ0n) is 15.1. The third-order valence-electron chi connectivity index (χ3n) is 4.72. The topological polar surface area (TPSA) is 53.1 Å². The molecule has 0 amide bonds. The normalized spacial score (nSPS) is 20.7. The molecule has 3 rings (SSSR count). The zero-order chi connectivity index (χ0) is 17.2. The zero-order valence-corrected chi connectivity index (χ0v) is 15.1. The molecule has 0 spiro atoms. The number of nitrogens with zero attached hydrogens (tertiary/aromatic N) is 2. The van der Waals surface area contributed by atoms with Crippen molar-refractivity contribution in [2.24, 2.45) is 5.92 Å². The van der Waals surface area contributed by atoms with Gasteiger partial charge in [0.25, 0.3) is 0 Å². The van der Waals surface area contributed by atoms with Gasteiger partial charge in [-0.15, -0.1) is 0 Å². The second kappa shape index (κ2) is 7.35. The smallest absolute Gasteiger partial charge is 0.205 e. The third-order valence-corrected chi connectivity index (χ3v) is 4.72. The summed E-state index contributed by atoms with van der Waals surface area (Å²) in [6.45, 7) is 9.63. The molecule has 0 bridgehead atoms. The molecule has 1 aromatic rings. The van der Waals surface area contributed by atoms with E-state index in [1.54, 1.807) is 7.11 Å². The summed E-state index contributed by atoms with van der Waals surface area (Å²) in [4.78, 5) is 10.1. The lowest BCUT2D eigenvalue weighted by atomic mass is 10.00. The Balaban J connectivity index is 1.74. The SMILES string of the molecule is CON(Cc1cnc(C)c2c1COC(C)(C)O2)CC1CCOCC1. The van der Waals surface area contributed by atoms with Crippen LogP contribution >= 0.6 is 0 Å². The van der Waals surface area contributed by atoms with Crippen LogP contribution in [0.5, 0.6) is 5.75 Å². The minimum atomic E-state index is -0.610. The van der Waals surface area contributed by atoms with Crippen molar-refractivity contribution in [2.45, 2.75) is 52.6 Å². The molecule has 0 aliphatic carbocycles. The highest BCUT2D eigenvalue weighted by Gasteiger charge is 2.31. The molecule has 0 saturated carbocycles. The maximum atomic E-state index is 6.00. The van der Waals surface area contributed by atoms with Crippen molar-refractivity contribution in [3.05, 3.63) is 23.0 Å². The Morgan fingerprint density at radius 3 is 2.79 bits per heavy atom. The number of hydroxylamine groups is 2. The fourth-order valence-electron chi connectivity index (χ4n) is 3.24. The Labute approximate surface area is 144 Å². The minimum Gasteiger partial charge on any atom is -0.461 e. The summed E-state index contributed by atoms with van der Waals surface area (Å²) in [6, 6.07) is 0. The second-order valence-corrected chi connectivity index (χ2v) is 7.03. The molecule has 6 nitrogen and oxygen atoms in total. The van der Waals surface area contributed by atoms with Crippen LogP contribution in [0.25, 0.3) is 0 Å². The number of aromatic nitrogens is 1. The first kappa shape index (κ1) is 17.6. The summed E-state index contributed by atoms with van der Waals surface area (Å²) < 4.78 is 17.3. The number of rotatable bonds is 5. The van der Waals surface area contributed by atoms with E-state index >= 15 is 0 Å². The van der Waals surface area contributed by atoms with E-state index < -0.39 is 5.79 Å². The molecule has 6 heteroatoms. The monoisotopic (exact) mass is 336 g/mol. The van der Waals surface area contributed by atoms with E-state index in [0.717, 1.165) is 55.2 Å². The molecular weight excluding hydrogens is 308 g/mol. The van der Waals surface area contributed by atoms with Crippen LogP contribution in [-0.2, 0) is 27.5 Å². The van der Waals surface area contributed by atoms with Gasteiger partial charge in [-0.05, 0) is 31.2 Å². The molecule has 1 saturated heterocycles. The highest BCUT2D eigenvalue weighted by Crippen LogP contribution is 2.35. The average molecular weight is 336 g/mol. The molecule has 1 fully saturated rings. The molecule has 2 aliphatic rings. The molecule has 0 N–H and O–H groups in total. The molecular formula is C18H28N2O4. The maximum absolute atomic E-state index is 6.00. The van der Waals surface area contributed by atoms with Gasteiger partial charge >= 0.3 is 0 Å². The lowest BCUT2D eigenvalue weighted by Gasteiger charge is -2.35. The molecule has 0 atom stereocenters. The van der Waals surface area contributed by atoms with Gasteiger partial charge in [0.1, 0.15) is 5.75 Å². The summed E-state index contributed by atoms with van der Waals surface area (Å²) in [5, 5.41) is 2.00.